The number of anilines is 1. The minimum Gasteiger partial charge on any atom is -0.493 e. The lowest BCUT2D eigenvalue weighted by Crippen LogP contribution is -2.38. The van der Waals surface area contributed by atoms with Gasteiger partial charge in [0, 0.05) is 29.4 Å². The minimum atomic E-state index is -0.410. The van der Waals surface area contributed by atoms with Crippen LogP contribution in [-0.4, -0.2) is 53.6 Å². The Morgan fingerprint density at radius 2 is 1.83 bits per heavy atom. The third kappa shape index (κ3) is 5.36. The second-order valence-corrected chi connectivity index (χ2v) is 8.15. The Morgan fingerprint density at radius 3 is 2.47 bits per heavy atom. The summed E-state index contributed by atoms with van der Waals surface area (Å²) >= 11 is 6.04. The molecule has 0 radical (unpaired) electrons. The van der Waals surface area contributed by atoms with Crippen LogP contribution in [0.2, 0.25) is 5.02 Å². The van der Waals surface area contributed by atoms with E-state index >= 15 is 0 Å². The summed E-state index contributed by atoms with van der Waals surface area (Å²) in [6, 6.07) is 15.8. The molecule has 0 aliphatic carbocycles. The second kappa shape index (κ2) is 11.0. The topological polar surface area (TPSA) is 98.8 Å². The fourth-order valence-corrected chi connectivity index (χ4v) is 3.75. The van der Waals surface area contributed by atoms with E-state index in [0.717, 1.165) is 5.56 Å². The first kappa shape index (κ1) is 24.9. The maximum atomic E-state index is 13.0. The van der Waals surface area contributed by atoms with Crippen molar-refractivity contribution in [2.24, 2.45) is 0 Å². The Morgan fingerprint density at radius 1 is 1.08 bits per heavy atom. The van der Waals surface area contributed by atoms with Crippen molar-refractivity contribution in [1.29, 1.82) is 0 Å². The van der Waals surface area contributed by atoms with E-state index in [2.05, 4.69) is 10.3 Å². The number of benzene rings is 2. The zero-order chi connectivity index (χ0) is 25.7. The third-order valence-corrected chi connectivity index (χ3v) is 5.73. The quantitative estimate of drug-likeness (QED) is 0.345. The molecule has 4 rings (SSSR count). The molecule has 2 amide bonds. The Bertz CT molecular complexity index is 1350. The van der Waals surface area contributed by atoms with Crippen molar-refractivity contribution in [3.8, 4) is 28.4 Å². The van der Waals surface area contributed by atoms with E-state index in [1.54, 1.807) is 68.3 Å². The molecule has 0 atom stereocenters. The van der Waals surface area contributed by atoms with E-state index in [1.165, 1.54) is 11.2 Å². The zero-order valence-corrected chi connectivity index (χ0v) is 20.8. The van der Waals surface area contributed by atoms with Gasteiger partial charge in [0.1, 0.15) is 6.54 Å². The number of hydrogen-bond acceptors (Lipinski definition) is 6. The monoisotopic (exact) mass is 508 g/mol. The lowest BCUT2D eigenvalue weighted by atomic mass is 10.2. The minimum absolute atomic E-state index is 0.168. The second-order valence-electron chi connectivity index (χ2n) is 7.71. The lowest BCUT2D eigenvalue weighted by molar-refractivity contribution is -0.116. The van der Waals surface area contributed by atoms with Crippen LogP contribution < -0.4 is 14.8 Å². The maximum Gasteiger partial charge on any atom is 0.290 e. The molecule has 10 heteroatoms. The molecule has 2 aromatic carbocycles. The summed E-state index contributed by atoms with van der Waals surface area (Å²) in [5, 5.41) is 3.44. The predicted octanol–water partition coefficient (Wildman–Crippen LogP) is 4.90. The average Bonchev–Trinajstić information content (AvgIpc) is 3.57. The van der Waals surface area contributed by atoms with Crippen LogP contribution in [0.5, 0.6) is 11.5 Å². The van der Waals surface area contributed by atoms with Crippen molar-refractivity contribution >= 4 is 29.4 Å². The molecule has 186 valence electrons. The number of hydrogen-bond donors (Lipinski definition) is 1. The molecule has 0 fully saturated rings. The Hall–Kier alpha value is -4.24. The van der Waals surface area contributed by atoms with E-state index in [1.807, 2.05) is 18.2 Å². The smallest absolute Gasteiger partial charge is 0.290 e. The van der Waals surface area contributed by atoms with Gasteiger partial charge in [-0.2, -0.15) is 0 Å². The highest BCUT2D eigenvalue weighted by atomic mass is 35.5. The number of rotatable bonds is 9. The number of nitrogens with one attached hydrogen (secondary N) is 1. The first-order chi connectivity index (χ1) is 17.4. The van der Waals surface area contributed by atoms with Gasteiger partial charge in [-0.15, -0.1) is 0 Å². The number of imidazole rings is 1. The lowest BCUT2D eigenvalue weighted by Gasteiger charge is -2.19. The van der Waals surface area contributed by atoms with Gasteiger partial charge in [-0.1, -0.05) is 23.7 Å². The number of halogens is 1. The van der Waals surface area contributed by atoms with Crippen LogP contribution in [0.4, 0.5) is 5.95 Å². The van der Waals surface area contributed by atoms with Crippen LogP contribution in [0.25, 0.3) is 16.9 Å². The molecule has 0 saturated carbocycles. The summed E-state index contributed by atoms with van der Waals surface area (Å²) in [7, 11) is 3.11. The molecule has 0 unspecified atom stereocenters. The van der Waals surface area contributed by atoms with Crippen LogP contribution in [0, 0.1) is 0 Å². The summed E-state index contributed by atoms with van der Waals surface area (Å²) < 4.78 is 17.7. The third-order valence-electron chi connectivity index (χ3n) is 5.48. The van der Waals surface area contributed by atoms with Crippen molar-refractivity contribution in [2.45, 2.75) is 6.92 Å². The van der Waals surface area contributed by atoms with Gasteiger partial charge >= 0.3 is 0 Å². The van der Waals surface area contributed by atoms with E-state index in [-0.39, 0.29) is 24.2 Å². The van der Waals surface area contributed by atoms with E-state index in [9.17, 15) is 9.59 Å². The molecule has 9 nitrogen and oxygen atoms in total. The molecular formula is C26H25ClN4O5. The number of aromatic nitrogens is 2. The van der Waals surface area contributed by atoms with Crippen molar-refractivity contribution in [1.82, 2.24) is 14.5 Å². The molecule has 0 spiro atoms. The van der Waals surface area contributed by atoms with Gasteiger partial charge < -0.3 is 18.8 Å². The normalized spacial score (nSPS) is 10.7. The molecule has 1 N–H and O–H groups in total. The summed E-state index contributed by atoms with van der Waals surface area (Å²) in [5.41, 5.74) is 2.13. The fourth-order valence-electron chi connectivity index (χ4n) is 3.62. The molecule has 4 aromatic rings. The van der Waals surface area contributed by atoms with Gasteiger partial charge in [-0.3, -0.25) is 19.5 Å². The van der Waals surface area contributed by atoms with E-state index < -0.39 is 5.91 Å². The van der Waals surface area contributed by atoms with Gasteiger partial charge in [0.2, 0.25) is 11.9 Å². The highest BCUT2D eigenvalue weighted by Gasteiger charge is 2.21. The average molecular weight is 509 g/mol. The molecule has 2 heterocycles. The van der Waals surface area contributed by atoms with Gasteiger partial charge in [0.15, 0.2) is 17.3 Å². The van der Waals surface area contributed by atoms with Crippen LogP contribution in [-0.2, 0) is 4.79 Å². The molecule has 0 bridgehead atoms. The first-order valence-corrected chi connectivity index (χ1v) is 11.5. The number of likely N-dealkylation sites (N-methyl/N-ethyl adjacent to an activating group) is 1. The van der Waals surface area contributed by atoms with E-state index in [4.69, 9.17) is 25.5 Å². The Kier molecular flexibility index (Phi) is 7.60. The molecule has 0 aliphatic rings. The van der Waals surface area contributed by atoms with Crippen molar-refractivity contribution in [3.05, 3.63) is 77.8 Å². The molecule has 2 aromatic heterocycles. The van der Waals surface area contributed by atoms with Crippen LogP contribution >= 0.6 is 11.6 Å². The molecule has 0 saturated heterocycles. The van der Waals surface area contributed by atoms with Crippen molar-refractivity contribution in [2.75, 3.05) is 32.6 Å². The highest BCUT2D eigenvalue weighted by Crippen LogP contribution is 2.32. The number of amides is 2. The Balaban J connectivity index is 1.66. The molecular weight excluding hydrogens is 484 g/mol. The fraction of sp³-hybridized carbons (Fsp3) is 0.192. The zero-order valence-electron chi connectivity index (χ0n) is 20.0. The van der Waals surface area contributed by atoms with Gasteiger partial charge in [0.05, 0.1) is 31.9 Å². The summed E-state index contributed by atoms with van der Waals surface area (Å²) in [6.45, 7) is 1.94. The standard InChI is InChI=1S/C26H25ClN4O5/c1-4-30(25(33)22-6-5-13-36-22)16-24(32)29-26-28-20(17-7-9-18(27)10-8-17)15-31(26)19-11-12-21(34-2)23(14-19)35-3/h5-15H,4,16H2,1-3H3,(H,28,29,32). The van der Waals surface area contributed by atoms with Crippen molar-refractivity contribution < 1.29 is 23.5 Å². The largest absolute Gasteiger partial charge is 0.493 e. The number of furan rings is 1. The number of carbonyl (C=O) groups excluding carboxylic acids is 2. The van der Waals surface area contributed by atoms with Gasteiger partial charge in [-0.25, -0.2) is 4.98 Å². The SMILES string of the molecule is CCN(CC(=O)Nc1nc(-c2ccc(Cl)cc2)cn1-c1ccc(OC)c(OC)c1)C(=O)c1ccco1. The summed E-state index contributed by atoms with van der Waals surface area (Å²) in [6.07, 6.45) is 3.21. The van der Waals surface area contributed by atoms with Gasteiger partial charge in [0.25, 0.3) is 5.91 Å². The Labute approximate surface area is 213 Å². The number of methoxy groups -OCH3 is 2. The van der Waals surface area contributed by atoms with Crippen molar-refractivity contribution in [3.63, 3.8) is 0 Å². The summed E-state index contributed by atoms with van der Waals surface area (Å²) in [4.78, 5) is 31.7. The number of nitrogens with zero attached hydrogens (tertiary/aromatic N) is 3. The van der Waals surface area contributed by atoms with Gasteiger partial charge in [-0.05, 0) is 43.3 Å². The number of carbonyl (C=O) groups is 2. The first-order valence-electron chi connectivity index (χ1n) is 11.1. The molecule has 0 aliphatic heterocycles. The van der Waals surface area contributed by atoms with E-state index in [0.29, 0.717) is 34.4 Å². The number of ether oxygens (including phenoxy) is 2. The summed E-state index contributed by atoms with van der Waals surface area (Å²) in [5.74, 6) is 0.754. The predicted molar refractivity (Wildman–Crippen MR) is 136 cm³/mol. The van der Waals surface area contributed by atoms with Crippen LogP contribution in [0.3, 0.4) is 0 Å². The van der Waals surface area contributed by atoms with Crippen LogP contribution in [0.15, 0.2) is 71.5 Å². The highest BCUT2D eigenvalue weighted by molar-refractivity contribution is 6.30. The van der Waals surface area contributed by atoms with Crippen LogP contribution in [0.1, 0.15) is 17.5 Å². The maximum absolute atomic E-state index is 13.0. The molecule has 36 heavy (non-hydrogen) atoms.